The second kappa shape index (κ2) is 4.86. The summed E-state index contributed by atoms with van der Waals surface area (Å²) in [4.78, 5) is 0. The van der Waals surface area contributed by atoms with Gasteiger partial charge >= 0.3 is 0 Å². The molecule has 1 aromatic rings. The van der Waals surface area contributed by atoms with Gasteiger partial charge in [0.1, 0.15) is 0 Å². The van der Waals surface area contributed by atoms with E-state index >= 15 is 0 Å². The van der Waals surface area contributed by atoms with Gasteiger partial charge in [0.15, 0.2) is 11.5 Å². The number of benzene rings is 1. The van der Waals surface area contributed by atoms with E-state index in [9.17, 15) is 0 Å². The van der Waals surface area contributed by atoms with Gasteiger partial charge in [0.05, 0.1) is 14.2 Å². The van der Waals surface area contributed by atoms with Crippen molar-refractivity contribution in [3.05, 3.63) is 23.3 Å². The molecule has 0 heterocycles. The molecule has 0 aliphatic heterocycles. The third-order valence-electron chi connectivity index (χ3n) is 2.17. The maximum absolute atomic E-state index is 5.34. The lowest BCUT2D eigenvalue weighted by atomic mass is 10.1. The predicted octanol–water partition coefficient (Wildman–Crippen LogP) is 1.73. The van der Waals surface area contributed by atoms with E-state index in [4.69, 9.17) is 9.47 Å². The van der Waals surface area contributed by atoms with Crippen LogP contribution in [-0.4, -0.2) is 21.3 Å². The molecule has 3 heteroatoms. The van der Waals surface area contributed by atoms with Crippen molar-refractivity contribution < 1.29 is 9.47 Å². The first-order chi connectivity index (χ1) is 6.74. The highest BCUT2D eigenvalue weighted by Gasteiger charge is 2.11. The molecule has 0 aromatic heterocycles. The summed E-state index contributed by atoms with van der Waals surface area (Å²) in [6, 6.07) is 4.08. The molecule has 1 aromatic carbocycles. The first kappa shape index (κ1) is 10.9. The van der Waals surface area contributed by atoms with Gasteiger partial charge in [-0.15, -0.1) is 0 Å². The topological polar surface area (TPSA) is 30.5 Å². The average Bonchev–Trinajstić information content (AvgIpc) is 2.20. The van der Waals surface area contributed by atoms with E-state index in [1.54, 1.807) is 14.2 Å². The Morgan fingerprint density at radius 3 is 2.29 bits per heavy atom. The molecule has 78 valence electrons. The van der Waals surface area contributed by atoms with E-state index in [0.717, 1.165) is 29.2 Å². The van der Waals surface area contributed by atoms with Crippen molar-refractivity contribution in [2.75, 3.05) is 21.3 Å². The second-order valence-electron chi connectivity index (χ2n) is 3.14. The highest BCUT2D eigenvalue weighted by atomic mass is 16.5. The van der Waals surface area contributed by atoms with Crippen molar-refractivity contribution in [3.8, 4) is 11.5 Å². The first-order valence-electron chi connectivity index (χ1n) is 4.59. The molecule has 0 amide bonds. The molecule has 0 aliphatic rings. The van der Waals surface area contributed by atoms with Gasteiger partial charge < -0.3 is 14.8 Å². The molecule has 1 rings (SSSR count). The second-order valence-corrected chi connectivity index (χ2v) is 3.14. The van der Waals surface area contributed by atoms with Crippen LogP contribution in [0.2, 0.25) is 0 Å². The van der Waals surface area contributed by atoms with Crippen molar-refractivity contribution >= 4 is 0 Å². The van der Waals surface area contributed by atoms with Crippen molar-refractivity contribution in [1.29, 1.82) is 0 Å². The van der Waals surface area contributed by atoms with Crippen molar-refractivity contribution in [3.63, 3.8) is 0 Å². The van der Waals surface area contributed by atoms with E-state index in [1.807, 2.05) is 26.1 Å². The molecule has 0 fully saturated rings. The third kappa shape index (κ3) is 1.99. The summed E-state index contributed by atoms with van der Waals surface area (Å²) in [6.07, 6.45) is 0. The van der Waals surface area contributed by atoms with E-state index in [-0.39, 0.29) is 0 Å². The molecule has 0 aliphatic carbocycles. The molecular weight excluding hydrogens is 178 g/mol. The van der Waals surface area contributed by atoms with E-state index in [2.05, 4.69) is 5.32 Å². The molecular formula is C11H17NO2. The predicted molar refractivity (Wildman–Crippen MR) is 57.0 cm³/mol. The summed E-state index contributed by atoms with van der Waals surface area (Å²) in [5, 5.41) is 3.09. The van der Waals surface area contributed by atoms with Crippen LogP contribution in [0.5, 0.6) is 11.5 Å². The molecule has 0 spiro atoms. The standard InChI is InChI=1S/C11H17NO2/c1-8-5-6-9(7-12-2)11(14-4)10(8)13-3/h5-6,12H,7H2,1-4H3. The van der Waals surface area contributed by atoms with Gasteiger partial charge in [0.2, 0.25) is 0 Å². The Morgan fingerprint density at radius 2 is 1.79 bits per heavy atom. The molecule has 0 atom stereocenters. The highest BCUT2D eigenvalue weighted by Crippen LogP contribution is 2.33. The molecule has 0 bridgehead atoms. The molecule has 0 radical (unpaired) electrons. The fourth-order valence-electron chi connectivity index (χ4n) is 1.51. The fraction of sp³-hybridized carbons (Fsp3) is 0.455. The van der Waals surface area contributed by atoms with Crippen LogP contribution < -0.4 is 14.8 Å². The average molecular weight is 195 g/mol. The van der Waals surface area contributed by atoms with Crippen LogP contribution in [-0.2, 0) is 6.54 Å². The summed E-state index contributed by atoms with van der Waals surface area (Å²) in [7, 11) is 5.23. The van der Waals surface area contributed by atoms with Crippen LogP contribution in [0.4, 0.5) is 0 Å². The highest BCUT2D eigenvalue weighted by molar-refractivity contribution is 5.51. The van der Waals surface area contributed by atoms with E-state index < -0.39 is 0 Å². The monoisotopic (exact) mass is 195 g/mol. The lowest BCUT2D eigenvalue weighted by Gasteiger charge is -2.14. The SMILES string of the molecule is CNCc1ccc(C)c(OC)c1OC. The number of ether oxygens (including phenoxy) is 2. The maximum atomic E-state index is 5.34. The maximum Gasteiger partial charge on any atom is 0.165 e. The molecule has 14 heavy (non-hydrogen) atoms. The van der Waals surface area contributed by atoms with Gasteiger partial charge in [-0.3, -0.25) is 0 Å². The minimum absolute atomic E-state index is 0.778. The van der Waals surface area contributed by atoms with Crippen LogP contribution in [0.25, 0.3) is 0 Å². The fourth-order valence-corrected chi connectivity index (χ4v) is 1.51. The van der Waals surface area contributed by atoms with Crippen LogP contribution in [0.3, 0.4) is 0 Å². The third-order valence-corrected chi connectivity index (χ3v) is 2.17. The molecule has 0 saturated heterocycles. The van der Waals surface area contributed by atoms with Gasteiger partial charge in [0, 0.05) is 12.1 Å². The smallest absolute Gasteiger partial charge is 0.165 e. The zero-order valence-electron chi connectivity index (χ0n) is 9.18. The van der Waals surface area contributed by atoms with Gasteiger partial charge in [-0.25, -0.2) is 0 Å². The number of hydrogen-bond donors (Lipinski definition) is 1. The summed E-state index contributed by atoms with van der Waals surface area (Å²) in [5.74, 6) is 1.64. The van der Waals surface area contributed by atoms with E-state index in [0.29, 0.717) is 0 Å². The Morgan fingerprint density at radius 1 is 1.14 bits per heavy atom. The zero-order chi connectivity index (χ0) is 10.6. The molecule has 3 nitrogen and oxygen atoms in total. The van der Waals surface area contributed by atoms with Crippen LogP contribution in [0.1, 0.15) is 11.1 Å². The number of nitrogens with one attached hydrogen (secondary N) is 1. The summed E-state index contributed by atoms with van der Waals surface area (Å²) < 4.78 is 10.6. The van der Waals surface area contributed by atoms with Gasteiger partial charge in [0.25, 0.3) is 0 Å². The molecule has 0 unspecified atom stereocenters. The lowest BCUT2D eigenvalue weighted by Crippen LogP contribution is -2.07. The molecule has 0 saturated carbocycles. The Kier molecular flexibility index (Phi) is 3.77. The van der Waals surface area contributed by atoms with Crippen LogP contribution >= 0.6 is 0 Å². The zero-order valence-corrected chi connectivity index (χ0v) is 9.18. The molecule has 1 N–H and O–H groups in total. The minimum atomic E-state index is 0.778. The summed E-state index contributed by atoms with van der Waals surface area (Å²) >= 11 is 0. The normalized spacial score (nSPS) is 10.0. The van der Waals surface area contributed by atoms with Crippen LogP contribution in [0, 0.1) is 6.92 Å². The number of hydrogen-bond acceptors (Lipinski definition) is 3. The lowest BCUT2D eigenvalue weighted by molar-refractivity contribution is 0.349. The number of methoxy groups -OCH3 is 2. The summed E-state index contributed by atoms with van der Waals surface area (Å²) in [5.41, 5.74) is 2.20. The van der Waals surface area contributed by atoms with Crippen molar-refractivity contribution in [2.24, 2.45) is 0 Å². The Hall–Kier alpha value is -1.22. The Labute approximate surface area is 85.0 Å². The van der Waals surface area contributed by atoms with Gasteiger partial charge in [-0.1, -0.05) is 12.1 Å². The van der Waals surface area contributed by atoms with E-state index in [1.165, 1.54) is 0 Å². The van der Waals surface area contributed by atoms with Gasteiger partial charge in [-0.05, 0) is 19.5 Å². The van der Waals surface area contributed by atoms with Crippen LogP contribution in [0.15, 0.2) is 12.1 Å². The van der Waals surface area contributed by atoms with Gasteiger partial charge in [-0.2, -0.15) is 0 Å². The largest absolute Gasteiger partial charge is 0.493 e. The number of aryl methyl sites for hydroxylation is 1. The minimum Gasteiger partial charge on any atom is -0.493 e. The summed E-state index contributed by atoms with van der Waals surface area (Å²) in [6.45, 7) is 2.78. The Balaban J connectivity index is 3.18. The number of rotatable bonds is 4. The van der Waals surface area contributed by atoms with Crippen molar-refractivity contribution in [1.82, 2.24) is 5.32 Å². The quantitative estimate of drug-likeness (QED) is 0.793. The van der Waals surface area contributed by atoms with Crippen molar-refractivity contribution in [2.45, 2.75) is 13.5 Å². The Bertz CT molecular complexity index is 310. The first-order valence-corrected chi connectivity index (χ1v) is 4.59.